The molecule has 2 aromatic rings. The molecule has 1 aromatic heterocycles. The Morgan fingerprint density at radius 1 is 1.13 bits per heavy atom. The van der Waals surface area contributed by atoms with Crippen LogP contribution >= 0.6 is 15.9 Å². The molecular weight excluding hydrogens is 363 g/mol. The highest BCUT2D eigenvalue weighted by atomic mass is 79.9. The van der Waals surface area contributed by atoms with Crippen molar-refractivity contribution in [2.24, 2.45) is 0 Å². The number of unbranched alkanes of at least 4 members (excludes halogenated alkanes) is 1. The van der Waals surface area contributed by atoms with E-state index in [0.29, 0.717) is 13.1 Å². The van der Waals surface area contributed by atoms with Gasteiger partial charge in [0.1, 0.15) is 5.82 Å². The van der Waals surface area contributed by atoms with E-state index in [9.17, 15) is 14.0 Å². The average Bonchev–Trinajstić information content (AvgIpc) is 2.52. The van der Waals surface area contributed by atoms with Crippen LogP contribution in [0.4, 0.5) is 4.39 Å². The molecule has 0 unspecified atom stereocenters. The first-order valence-corrected chi connectivity index (χ1v) is 8.21. The lowest BCUT2D eigenvalue weighted by molar-refractivity contribution is -0.120. The summed E-state index contributed by atoms with van der Waals surface area (Å²) in [5.41, 5.74) is 0.748. The fraction of sp³-hybridized carbons (Fsp3) is 0.294. The van der Waals surface area contributed by atoms with Gasteiger partial charge in [-0.1, -0.05) is 12.1 Å². The van der Waals surface area contributed by atoms with Crippen molar-refractivity contribution in [3.63, 3.8) is 0 Å². The molecule has 1 aromatic carbocycles. The lowest BCUT2D eigenvalue weighted by atomic mass is 10.1. The summed E-state index contributed by atoms with van der Waals surface area (Å²) in [6.07, 6.45) is 3.59. The molecule has 0 aliphatic rings. The molecule has 1 N–H and O–H groups in total. The van der Waals surface area contributed by atoms with Crippen molar-refractivity contribution in [2.75, 3.05) is 6.54 Å². The van der Waals surface area contributed by atoms with Crippen LogP contribution in [0.2, 0.25) is 0 Å². The van der Waals surface area contributed by atoms with E-state index in [0.717, 1.165) is 22.9 Å². The normalized spacial score (nSPS) is 10.5. The molecule has 0 saturated heterocycles. The third kappa shape index (κ3) is 5.98. The van der Waals surface area contributed by atoms with Crippen LogP contribution in [0.15, 0.2) is 51.9 Å². The summed E-state index contributed by atoms with van der Waals surface area (Å²) in [4.78, 5) is 23.4. The van der Waals surface area contributed by atoms with E-state index in [1.54, 1.807) is 29.0 Å². The third-order valence-corrected chi connectivity index (χ3v) is 3.84. The van der Waals surface area contributed by atoms with Gasteiger partial charge in [-0.05, 0) is 52.5 Å². The molecule has 1 amide bonds. The molecular formula is C17H18BrFN2O2. The van der Waals surface area contributed by atoms with E-state index in [1.165, 1.54) is 18.2 Å². The minimum absolute atomic E-state index is 0.0338. The highest BCUT2D eigenvalue weighted by molar-refractivity contribution is 9.10. The maximum Gasteiger partial charge on any atom is 0.250 e. The van der Waals surface area contributed by atoms with Gasteiger partial charge in [-0.15, -0.1) is 0 Å². The standard InChI is InChI=1S/C17H18BrFN2O2/c18-14-5-8-17(23)21(12-14)10-2-1-9-20-16(22)11-13-3-6-15(19)7-4-13/h3-8,12H,1-2,9-11H2,(H,20,22). The predicted molar refractivity (Wildman–Crippen MR) is 90.7 cm³/mol. The number of carbonyl (C=O) groups is 1. The highest BCUT2D eigenvalue weighted by Crippen LogP contribution is 2.06. The van der Waals surface area contributed by atoms with Gasteiger partial charge in [0.15, 0.2) is 0 Å². The summed E-state index contributed by atoms with van der Waals surface area (Å²) in [6.45, 7) is 1.18. The van der Waals surface area contributed by atoms with Crippen molar-refractivity contribution < 1.29 is 9.18 Å². The van der Waals surface area contributed by atoms with Gasteiger partial charge in [0.25, 0.3) is 5.56 Å². The van der Waals surface area contributed by atoms with Crippen LogP contribution in [0.25, 0.3) is 0 Å². The predicted octanol–water partition coefficient (Wildman–Crippen LogP) is 2.89. The number of nitrogens with zero attached hydrogens (tertiary/aromatic N) is 1. The Labute approximate surface area is 142 Å². The van der Waals surface area contributed by atoms with Gasteiger partial charge in [0.05, 0.1) is 6.42 Å². The Hall–Kier alpha value is -1.95. The van der Waals surface area contributed by atoms with Gasteiger partial charge in [0.2, 0.25) is 5.91 Å². The minimum Gasteiger partial charge on any atom is -0.356 e. The molecule has 0 spiro atoms. The van der Waals surface area contributed by atoms with Crippen molar-refractivity contribution in [3.05, 3.63) is 68.8 Å². The maximum absolute atomic E-state index is 12.8. The molecule has 6 heteroatoms. The summed E-state index contributed by atoms with van der Waals surface area (Å²) in [7, 11) is 0. The molecule has 4 nitrogen and oxygen atoms in total. The zero-order valence-corrected chi connectivity index (χ0v) is 14.2. The zero-order valence-electron chi connectivity index (χ0n) is 12.6. The third-order valence-electron chi connectivity index (χ3n) is 3.37. The van der Waals surface area contributed by atoms with E-state index < -0.39 is 0 Å². The van der Waals surface area contributed by atoms with Gasteiger partial charge < -0.3 is 9.88 Å². The smallest absolute Gasteiger partial charge is 0.250 e. The van der Waals surface area contributed by atoms with E-state index in [1.807, 2.05) is 0 Å². The Bertz CT molecular complexity index is 713. The largest absolute Gasteiger partial charge is 0.356 e. The summed E-state index contributed by atoms with van der Waals surface area (Å²) in [5.74, 6) is -0.395. The minimum atomic E-state index is -0.308. The number of rotatable bonds is 7. The number of aryl methyl sites for hydroxylation is 1. The number of benzene rings is 1. The molecule has 0 saturated carbocycles. The van der Waals surface area contributed by atoms with Crippen LogP contribution in [0.3, 0.4) is 0 Å². The van der Waals surface area contributed by atoms with E-state index in [2.05, 4.69) is 21.2 Å². The second kappa shape index (κ2) is 8.62. The Morgan fingerprint density at radius 2 is 1.87 bits per heavy atom. The summed E-state index contributed by atoms with van der Waals surface area (Å²) in [6, 6.07) is 9.14. The topological polar surface area (TPSA) is 51.1 Å². The van der Waals surface area contributed by atoms with Gasteiger partial charge >= 0.3 is 0 Å². The number of carbonyl (C=O) groups excluding carboxylic acids is 1. The first kappa shape index (κ1) is 17.4. The fourth-order valence-corrected chi connectivity index (χ4v) is 2.54. The van der Waals surface area contributed by atoms with E-state index in [-0.39, 0.29) is 23.7 Å². The van der Waals surface area contributed by atoms with E-state index in [4.69, 9.17) is 0 Å². The molecule has 0 bridgehead atoms. The lowest BCUT2D eigenvalue weighted by Gasteiger charge is -2.07. The number of nitrogens with one attached hydrogen (secondary N) is 1. The monoisotopic (exact) mass is 380 g/mol. The second-order valence-electron chi connectivity index (χ2n) is 5.24. The van der Waals surface area contributed by atoms with Crippen molar-refractivity contribution in [3.8, 4) is 0 Å². The molecule has 23 heavy (non-hydrogen) atoms. The fourth-order valence-electron chi connectivity index (χ4n) is 2.16. The molecule has 0 aliphatic carbocycles. The first-order valence-electron chi connectivity index (χ1n) is 7.42. The molecule has 122 valence electrons. The number of pyridine rings is 1. The van der Waals surface area contributed by atoms with Crippen LogP contribution in [-0.4, -0.2) is 17.0 Å². The molecule has 0 atom stereocenters. The maximum atomic E-state index is 12.8. The van der Waals surface area contributed by atoms with Crippen molar-refractivity contribution in [2.45, 2.75) is 25.8 Å². The quantitative estimate of drug-likeness (QED) is 0.750. The van der Waals surface area contributed by atoms with Crippen LogP contribution in [0.1, 0.15) is 18.4 Å². The summed E-state index contributed by atoms with van der Waals surface area (Å²) < 4.78 is 15.3. The van der Waals surface area contributed by atoms with Crippen LogP contribution in [0, 0.1) is 5.82 Å². The number of amides is 1. The molecule has 0 fully saturated rings. The van der Waals surface area contributed by atoms with Gasteiger partial charge in [-0.2, -0.15) is 0 Å². The van der Waals surface area contributed by atoms with Gasteiger partial charge in [-0.25, -0.2) is 4.39 Å². The van der Waals surface area contributed by atoms with Crippen molar-refractivity contribution >= 4 is 21.8 Å². The van der Waals surface area contributed by atoms with E-state index >= 15 is 0 Å². The average molecular weight is 381 g/mol. The number of aromatic nitrogens is 1. The van der Waals surface area contributed by atoms with Crippen LogP contribution in [0.5, 0.6) is 0 Å². The SMILES string of the molecule is O=C(Cc1ccc(F)cc1)NCCCCn1cc(Br)ccc1=O. The van der Waals surface area contributed by atoms with Crippen LogP contribution in [-0.2, 0) is 17.8 Å². The molecule has 2 rings (SSSR count). The molecule has 0 radical (unpaired) electrons. The summed E-state index contributed by atoms with van der Waals surface area (Å²) in [5, 5.41) is 2.83. The Kier molecular flexibility index (Phi) is 6.52. The highest BCUT2D eigenvalue weighted by Gasteiger charge is 2.03. The number of hydrogen-bond acceptors (Lipinski definition) is 2. The Morgan fingerprint density at radius 3 is 2.61 bits per heavy atom. The number of hydrogen-bond donors (Lipinski definition) is 1. The van der Waals surface area contributed by atoms with Gasteiger partial charge in [0, 0.05) is 29.8 Å². The summed E-state index contributed by atoms with van der Waals surface area (Å²) >= 11 is 3.33. The molecule has 1 heterocycles. The zero-order chi connectivity index (χ0) is 16.7. The van der Waals surface area contributed by atoms with Crippen molar-refractivity contribution in [1.82, 2.24) is 9.88 Å². The first-order chi connectivity index (χ1) is 11.0. The van der Waals surface area contributed by atoms with Crippen molar-refractivity contribution in [1.29, 1.82) is 0 Å². The number of halogens is 2. The Balaban J connectivity index is 1.67. The second-order valence-corrected chi connectivity index (χ2v) is 6.15. The van der Waals surface area contributed by atoms with Crippen LogP contribution < -0.4 is 10.9 Å². The van der Waals surface area contributed by atoms with Gasteiger partial charge in [-0.3, -0.25) is 9.59 Å². The lowest BCUT2D eigenvalue weighted by Crippen LogP contribution is -2.26. The molecule has 0 aliphatic heterocycles.